The minimum atomic E-state index is 0.809. The molecule has 3 nitrogen and oxygen atoms in total. The number of nitrogens with one attached hydrogen (secondary N) is 1. The molecular formula is C14H19N3S. The van der Waals surface area contributed by atoms with Crippen molar-refractivity contribution in [1.82, 2.24) is 15.3 Å². The second kappa shape index (κ2) is 6.61. The molecule has 2 rings (SSSR count). The van der Waals surface area contributed by atoms with Crippen LogP contribution in [0, 0.1) is 0 Å². The second-order valence-corrected chi connectivity index (χ2v) is 5.10. The lowest BCUT2D eigenvalue weighted by Gasteiger charge is -2.06. The molecule has 0 saturated carbocycles. The molecule has 0 aliphatic rings. The van der Waals surface area contributed by atoms with Gasteiger partial charge in [0.05, 0.1) is 16.4 Å². The number of nitrogens with zero attached hydrogens (tertiary/aromatic N) is 2. The van der Waals surface area contributed by atoms with Gasteiger partial charge in [-0.1, -0.05) is 19.9 Å². The first-order valence-electron chi connectivity index (χ1n) is 6.40. The maximum absolute atomic E-state index is 4.54. The van der Waals surface area contributed by atoms with E-state index in [1.165, 1.54) is 10.6 Å². The number of pyridine rings is 1. The Morgan fingerprint density at radius 2 is 2.11 bits per heavy atom. The lowest BCUT2D eigenvalue weighted by atomic mass is 10.1. The van der Waals surface area contributed by atoms with Crippen molar-refractivity contribution in [3.63, 3.8) is 0 Å². The van der Waals surface area contributed by atoms with Crippen LogP contribution in [0.3, 0.4) is 0 Å². The van der Waals surface area contributed by atoms with Crippen LogP contribution in [0.2, 0.25) is 0 Å². The smallest absolute Gasteiger partial charge is 0.0926 e. The van der Waals surface area contributed by atoms with Crippen LogP contribution in [0.5, 0.6) is 0 Å². The average Bonchev–Trinajstić information content (AvgIpc) is 2.87. The van der Waals surface area contributed by atoms with E-state index < -0.39 is 0 Å². The summed E-state index contributed by atoms with van der Waals surface area (Å²) in [6, 6.07) is 4.14. The average molecular weight is 261 g/mol. The molecule has 0 unspecified atom stereocenters. The van der Waals surface area contributed by atoms with Gasteiger partial charge in [0.15, 0.2) is 0 Å². The quantitative estimate of drug-likeness (QED) is 0.868. The molecule has 0 aliphatic carbocycles. The fourth-order valence-electron chi connectivity index (χ4n) is 1.85. The standard InChI is InChI=1S/C14H19N3S/c1-3-11-6-5-7-16-13(11)9-15-8-12-10-18-14(4-2)17-12/h5-7,10,15H,3-4,8-9H2,1-2H3. The maximum atomic E-state index is 4.54. The van der Waals surface area contributed by atoms with Crippen molar-refractivity contribution < 1.29 is 0 Å². The summed E-state index contributed by atoms with van der Waals surface area (Å²) in [5.74, 6) is 0. The van der Waals surface area contributed by atoms with E-state index >= 15 is 0 Å². The van der Waals surface area contributed by atoms with E-state index in [2.05, 4.69) is 40.6 Å². The summed E-state index contributed by atoms with van der Waals surface area (Å²) in [4.78, 5) is 8.96. The normalized spacial score (nSPS) is 10.8. The number of thiazole rings is 1. The predicted octanol–water partition coefficient (Wildman–Crippen LogP) is 2.95. The number of rotatable bonds is 6. The molecule has 1 N–H and O–H groups in total. The Kier molecular flexibility index (Phi) is 4.84. The Balaban J connectivity index is 1.88. The summed E-state index contributed by atoms with van der Waals surface area (Å²) in [6.45, 7) is 5.92. The maximum Gasteiger partial charge on any atom is 0.0926 e. The minimum absolute atomic E-state index is 0.809. The van der Waals surface area contributed by atoms with E-state index in [-0.39, 0.29) is 0 Å². The molecule has 0 saturated heterocycles. The highest BCUT2D eigenvalue weighted by atomic mass is 32.1. The molecule has 0 bridgehead atoms. The Bertz CT molecular complexity index is 493. The molecule has 0 fully saturated rings. The van der Waals surface area contributed by atoms with Gasteiger partial charge in [0, 0.05) is 24.7 Å². The van der Waals surface area contributed by atoms with Gasteiger partial charge in [0.25, 0.3) is 0 Å². The van der Waals surface area contributed by atoms with Crippen LogP contribution in [-0.2, 0) is 25.9 Å². The summed E-state index contributed by atoms with van der Waals surface area (Å²) in [7, 11) is 0. The van der Waals surface area contributed by atoms with Gasteiger partial charge in [-0.25, -0.2) is 4.98 Å². The fraction of sp³-hybridized carbons (Fsp3) is 0.429. The molecule has 2 aromatic heterocycles. The van der Waals surface area contributed by atoms with Gasteiger partial charge < -0.3 is 5.32 Å². The van der Waals surface area contributed by atoms with Gasteiger partial charge in [-0.2, -0.15) is 0 Å². The highest BCUT2D eigenvalue weighted by Gasteiger charge is 2.03. The molecule has 2 aromatic rings. The van der Waals surface area contributed by atoms with Crippen LogP contribution < -0.4 is 5.32 Å². The lowest BCUT2D eigenvalue weighted by molar-refractivity contribution is 0.663. The van der Waals surface area contributed by atoms with Crippen molar-refractivity contribution in [3.05, 3.63) is 45.7 Å². The minimum Gasteiger partial charge on any atom is -0.305 e. The fourth-order valence-corrected chi connectivity index (χ4v) is 2.60. The van der Waals surface area contributed by atoms with Crippen LogP contribution >= 0.6 is 11.3 Å². The summed E-state index contributed by atoms with van der Waals surface area (Å²) < 4.78 is 0. The number of aromatic nitrogens is 2. The van der Waals surface area contributed by atoms with Crippen LogP contribution in [0.1, 0.15) is 35.8 Å². The largest absolute Gasteiger partial charge is 0.305 e. The summed E-state index contributed by atoms with van der Waals surface area (Å²) in [6.07, 6.45) is 3.90. The SMILES string of the molecule is CCc1nc(CNCc2ncccc2CC)cs1. The first-order valence-corrected chi connectivity index (χ1v) is 7.28. The van der Waals surface area contributed by atoms with Gasteiger partial charge in [0.2, 0.25) is 0 Å². The van der Waals surface area contributed by atoms with Crippen LogP contribution in [-0.4, -0.2) is 9.97 Å². The van der Waals surface area contributed by atoms with Crippen LogP contribution in [0.4, 0.5) is 0 Å². The molecule has 0 aromatic carbocycles. The lowest BCUT2D eigenvalue weighted by Crippen LogP contribution is -2.15. The predicted molar refractivity (Wildman–Crippen MR) is 75.7 cm³/mol. The monoisotopic (exact) mass is 261 g/mol. The Labute approximate surface area is 112 Å². The highest BCUT2D eigenvalue weighted by molar-refractivity contribution is 7.09. The first-order chi connectivity index (χ1) is 8.83. The number of hydrogen-bond acceptors (Lipinski definition) is 4. The second-order valence-electron chi connectivity index (χ2n) is 4.15. The molecule has 2 heterocycles. The van der Waals surface area contributed by atoms with E-state index in [1.54, 1.807) is 11.3 Å². The van der Waals surface area contributed by atoms with Crippen molar-refractivity contribution in [2.24, 2.45) is 0 Å². The Morgan fingerprint density at radius 1 is 1.22 bits per heavy atom. The molecule has 18 heavy (non-hydrogen) atoms. The summed E-state index contributed by atoms with van der Waals surface area (Å²) in [5, 5.41) is 6.75. The van der Waals surface area contributed by atoms with Gasteiger partial charge in [-0.3, -0.25) is 4.98 Å². The van der Waals surface area contributed by atoms with E-state index in [9.17, 15) is 0 Å². The van der Waals surface area contributed by atoms with E-state index in [0.29, 0.717) is 0 Å². The molecular weight excluding hydrogens is 242 g/mol. The summed E-state index contributed by atoms with van der Waals surface area (Å²) >= 11 is 1.74. The Hall–Kier alpha value is -1.26. The van der Waals surface area contributed by atoms with E-state index in [0.717, 1.165) is 37.3 Å². The molecule has 0 spiro atoms. The van der Waals surface area contributed by atoms with E-state index in [4.69, 9.17) is 0 Å². The van der Waals surface area contributed by atoms with Crippen molar-refractivity contribution in [3.8, 4) is 0 Å². The summed E-state index contributed by atoms with van der Waals surface area (Å²) in [5.41, 5.74) is 3.59. The zero-order valence-corrected chi connectivity index (χ0v) is 11.8. The third-order valence-electron chi connectivity index (χ3n) is 2.87. The molecule has 0 aliphatic heterocycles. The van der Waals surface area contributed by atoms with Crippen LogP contribution in [0.15, 0.2) is 23.7 Å². The van der Waals surface area contributed by atoms with Crippen molar-refractivity contribution in [2.75, 3.05) is 0 Å². The Morgan fingerprint density at radius 3 is 2.83 bits per heavy atom. The molecule has 0 amide bonds. The highest BCUT2D eigenvalue weighted by Crippen LogP contribution is 2.10. The van der Waals surface area contributed by atoms with Crippen molar-refractivity contribution >= 4 is 11.3 Å². The zero-order valence-electron chi connectivity index (χ0n) is 10.9. The number of hydrogen-bond donors (Lipinski definition) is 1. The zero-order chi connectivity index (χ0) is 12.8. The topological polar surface area (TPSA) is 37.8 Å². The van der Waals surface area contributed by atoms with Gasteiger partial charge >= 0.3 is 0 Å². The van der Waals surface area contributed by atoms with Gasteiger partial charge in [-0.05, 0) is 24.5 Å². The number of aryl methyl sites for hydroxylation is 2. The van der Waals surface area contributed by atoms with Gasteiger partial charge in [-0.15, -0.1) is 11.3 Å². The molecule has 4 heteroatoms. The third kappa shape index (κ3) is 3.37. The van der Waals surface area contributed by atoms with Gasteiger partial charge in [0.1, 0.15) is 0 Å². The van der Waals surface area contributed by atoms with Crippen molar-refractivity contribution in [2.45, 2.75) is 39.8 Å². The van der Waals surface area contributed by atoms with E-state index in [1.807, 2.05) is 12.3 Å². The van der Waals surface area contributed by atoms with Crippen molar-refractivity contribution in [1.29, 1.82) is 0 Å². The molecule has 0 atom stereocenters. The third-order valence-corrected chi connectivity index (χ3v) is 3.91. The molecule has 96 valence electrons. The molecule has 0 radical (unpaired) electrons. The van der Waals surface area contributed by atoms with Crippen LogP contribution in [0.25, 0.3) is 0 Å². The first kappa shape index (κ1) is 13.2.